The number of carbonyl (C=O) groups excluding carboxylic acids is 2. The molecule has 2 aromatic carbocycles. The summed E-state index contributed by atoms with van der Waals surface area (Å²) in [6.07, 6.45) is 1.92. The van der Waals surface area contributed by atoms with E-state index in [4.69, 9.17) is 14.6 Å². The van der Waals surface area contributed by atoms with E-state index < -0.39 is 12.1 Å². The third kappa shape index (κ3) is 6.82. The molecule has 1 unspecified atom stereocenters. The quantitative estimate of drug-likeness (QED) is 0.378. The summed E-state index contributed by atoms with van der Waals surface area (Å²) in [4.78, 5) is 35.2. The molecule has 0 saturated heterocycles. The molecule has 0 aliphatic heterocycles. The maximum Gasteiger partial charge on any atom is 0.407 e. The summed E-state index contributed by atoms with van der Waals surface area (Å²) in [5.41, 5.74) is 4.70. The first-order chi connectivity index (χ1) is 17.0. The van der Waals surface area contributed by atoms with Crippen LogP contribution >= 0.6 is 0 Å². The number of hydrogen-bond acceptors (Lipinski definition) is 5. The van der Waals surface area contributed by atoms with E-state index in [0.717, 1.165) is 12.8 Å². The number of amides is 2. The van der Waals surface area contributed by atoms with Crippen molar-refractivity contribution in [1.29, 1.82) is 0 Å². The summed E-state index contributed by atoms with van der Waals surface area (Å²) in [5.74, 6) is -0.510. The predicted molar refractivity (Wildman–Crippen MR) is 130 cm³/mol. The number of fused-ring (bicyclic) bond motifs is 3. The van der Waals surface area contributed by atoms with Crippen LogP contribution in [0.5, 0.6) is 0 Å². The number of benzene rings is 2. The molecule has 0 aromatic heterocycles. The maximum absolute atomic E-state index is 12.5. The molecule has 8 nitrogen and oxygen atoms in total. The molecule has 0 radical (unpaired) electrons. The van der Waals surface area contributed by atoms with Crippen LogP contribution in [0.3, 0.4) is 0 Å². The molecule has 2 aliphatic rings. The minimum atomic E-state index is -0.912. The van der Waals surface area contributed by atoms with Crippen molar-refractivity contribution in [2.75, 3.05) is 32.9 Å². The van der Waals surface area contributed by atoms with Crippen LogP contribution in [0.25, 0.3) is 11.1 Å². The number of rotatable bonds is 13. The summed E-state index contributed by atoms with van der Waals surface area (Å²) in [6.45, 7) is 1.38. The Hall–Kier alpha value is -3.39. The van der Waals surface area contributed by atoms with E-state index in [2.05, 4.69) is 34.9 Å². The highest BCUT2D eigenvalue weighted by Gasteiger charge is 2.33. The van der Waals surface area contributed by atoms with Crippen molar-refractivity contribution in [3.05, 3.63) is 59.7 Å². The summed E-state index contributed by atoms with van der Waals surface area (Å²) in [7, 11) is 0. The second kappa shape index (κ2) is 11.8. The van der Waals surface area contributed by atoms with E-state index in [1.54, 1.807) is 0 Å². The summed E-state index contributed by atoms with van der Waals surface area (Å²) in [6, 6.07) is 16.4. The van der Waals surface area contributed by atoms with E-state index >= 15 is 0 Å². The molecule has 0 bridgehead atoms. The maximum atomic E-state index is 12.5. The van der Waals surface area contributed by atoms with Crippen LogP contribution in [0.2, 0.25) is 0 Å². The van der Waals surface area contributed by atoms with Gasteiger partial charge in [0.25, 0.3) is 0 Å². The molecular weight excluding hydrogens is 448 g/mol. The van der Waals surface area contributed by atoms with E-state index in [1.807, 2.05) is 24.3 Å². The van der Waals surface area contributed by atoms with Crippen LogP contribution in [0.1, 0.15) is 42.7 Å². The van der Waals surface area contributed by atoms with E-state index in [-0.39, 0.29) is 44.0 Å². The van der Waals surface area contributed by atoms with E-state index in [1.165, 1.54) is 22.3 Å². The second-order valence-electron chi connectivity index (χ2n) is 9.11. The third-order valence-corrected chi connectivity index (χ3v) is 6.62. The van der Waals surface area contributed by atoms with Gasteiger partial charge in [0.15, 0.2) is 0 Å². The average Bonchev–Trinajstić information content (AvgIpc) is 3.65. The Labute approximate surface area is 205 Å². The van der Waals surface area contributed by atoms with Gasteiger partial charge in [-0.05, 0) is 46.9 Å². The van der Waals surface area contributed by atoms with Crippen LogP contribution in [-0.4, -0.2) is 56.0 Å². The summed E-state index contributed by atoms with van der Waals surface area (Å²) >= 11 is 0. The zero-order chi connectivity index (χ0) is 24.6. The Morgan fingerprint density at radius 1 is 0.943 bits per heavy atom. The number of alkyl carbamates (subject to hydrolysis) is 1. The highest BCUT2D eigenvalue weighted by atomic mass is 16.5. The minimum absolute atomic E-state index is 0.0101. The molecule has 1 saturated carbocycles. The number of carboxylic acid groups (broad SMARTS) is 1. The van der Waals surface area contributed by atoms with Gasteiger partial charge in [0.05, 0.1) is 19.6 Å². The van der Waals surface area contributed by atoms with Crippen molar-refractivity contribution in [1.82, 2.24) is 10.6 Å². The SMILES string of the molecule is O=C(O)CCOCCNC(=O)CC(CNC(=O)OCC1c2ccccc2-c2ccccc21)C1CC1. The highest BCUT2D eigenvalue weighted by Crippen LogP contribution is 2.44. The summed E-state index contributed by atoms with van der Waals surface area (Å²) in [5, 5.41) is 14.2. The molecule has 3 N–H and O–H groups in total. The Morgan fingerprint density at radius 2 is 1.60 bits per heavy atom. The third-order valence-electron chi connectivity index (χ3n) is 6.62. The van der Waals surface area contributed by atoms with Gasteiger partial charge < -0.3 is 25.2 Å². The lowest BCUT2D eigenvalue weighted by molar-refractivity contribution is -0.138. The van der Waals surface area contributed by atoms with Crippen LogP contribution < -0.4 is 10.6 Å². The van der Waals surface area contributed by atoms with Crippen molar-refractivity contribution in [3.8, 4) is 11.1 Å². The van der Waals surface area contributed by atoms with Crippen molar-refractivity contribution in [2.24, 2.45) is 11.8 Å². The van der Waals surface area contributed by atoms with Crippen LogP contribution in [-0.2, 0) is 19.1 Å². The first-order valence-electron chi connectivity index (χ1n) is 12.2. The van der Waals surface area contributed by atoms with Crippen LogP contribution in [0.4, 0.5) is 4.79 Å². The molecule has 0 spiro atoms. The molecule has 4 rings (SSSR count). The first-order valence-corrected chi connectivity index (χ1v) is 12.2. The van der Waals surface area contributed by atoms with Gasteiger partial charge in [0, 0.05) is 25.4 Å². The van der Waals surface area contributed by atoms with Crippen molar-refractivity contribution < 1.29 is 29.0 Å². The predicted octanol–water partition coefficient (Wildman–Crippen LogP) is 3.55. The molecule has 8 heteroatoms. The fourth-order valence-corrected chi connectivity index (χ4v) is 4.67. The molecule has 2 amide bonds. The number of carbonyl (C=O) groups is 3. The van der Waals surface area contributed by atoms with Crippen molar-refractivity contribution in [3.63, 3.8) is 0 Å². The van der Waals surface area contributed by atoms with Gasteiger partial charge >= 0.3 is 12.1 Å². The largest absolute Gasteiger partial charge is 0.481 e. The van der Waals surface area contributed by atoms with Gasteiger partial charge in [0.2, 0.25) is 5.91 Å². The Bertz CT molecular complexity index is 1010. The van der Waals surface area contributed by atoms with Gasteiger partial charge in [-0.15, -0.1) is 0 Å². The standard InChI is InChI=1S/C27H32N2O6/c30-25(28-12-14-34-13-11-26(31)32)15-19(18-9-10-18)16-29-27(33)35-17-24-22-7-3-1-5-20(22)21-6-2-4-8-23(21)24/h1-8,18-19,24H,9-17H2,(H,28,30)(H,29,33)(H,31,32). The molecule has 1 fully saturated rings. The Kier molecular flexibility index (Phi) is 8.36. The topological polar surface area (TPSA) is 114 Å². The molecule has 0 heterocycles. The van der Waals surface area contributed by atoms with Crippen molar-refractivity contribution in [2.45, 2.75) is 31.6 Å². The lowest BCUT2D eigenvalue weighted by Crippen LogP contribution is -2.35. The number of hydrogen-bond donors (Lipinski definition) is 3. The smallest absolute Gasteiger partial charge is 0.407 e. The fraction of sp³-hybridized carbons (Fsp3) is 0.444. The summed E-state index contributed by atoms with van der Waals surface area (Å²) < 4.78 is 10.8. The van der Waals surface area contributed by atoms with Gasteiger partial charge in [-0.25, -0.2) is 4.79 Å². The van der Waals surface area contributed by atoms with Crippen LogP contribution in [0.15, 0.2) is 48.5 Å². The van der Waals surface area contributed by atoms with E-state index in [0.29, 0.717) is 25.4 Å². The van der Waals surface area contributed by atoms with E-state index in [9.17, 15) is 14.4 Å². The number of nitrogens with one attached hydrogen (secondary N) is 2. The average molecular weight is 481 g/mol. The van der Waals surface area contributed by atoms with Gasteiger partial charge in [-0.3, -0.25) is 9.59 Å². The molecule has 186 valence electrons. The Balaban J connectivity index is 1.20. The molecule has 35 heavy (non-hydrogen) atoms. The minimum Gasteiger partial charge on any atom is -0.481 e. The van der Waals surface area contributed by atoms with Gasteiger partial charge in [-0.1, -0.05) is 48.5 Å². The fourth-order valence-electron chi connectivity index (χ4n) is 4.67. The Morgan fingerprint density at radius 3 is 2.23 bits per heavy atom. The number of aliphatic carboxylic acids is 1. The monoisotopic (exact) mass is 480 g/mol. The molecular formula is C27H32N2O6. The zero-order valence-electron chi connectivity index (χ0n) is 19.7. The normalized spacial score (nSPS) is 15.1. The first kappa shape index (κ1) is 24.7. The number of carboxylic acids is 1. The second-order valence-corrected chi connectivity index (χ2v) is 9.11. The van der Waals surface area contributed by atoms with Crippen LogP contribution in [0, 0.1) is 11.8 Å². The molecule has 2 aromatic rings. The van der Waals surface area contributed by atoms with Crippen molar-refractivity contribution >= 4 is 18.0 Å². The highest BCUT2D eigenvalue weighted by molar-refractivity contribution is 5.79. The van der Waals surface area contributed by atoms with Gasteiger partial charge in [-0.2, -0.15) is 0 Å². The molecule has 2 aliphatic carbocycles. The molecule has 1 atom stereocenters. The zero-order valence-corrected chi connectivity index (χ0v) is 19.7. The number of ether oxygens (including phenoxy) is 2. The van der Waals surface area contributed by atoms with Gasteiger partial charge in [0.1, 0.15) is 6.61 Å². The lowest BCUT2D eigenvalue weighted by atomic mass is 9.98. The lowest BCUT2D eigenvalue weighted by Gasteiger charge is -2.18.